The number of hydrogen-bond donors (Lipinski definition) is 2. The summed E-state index contributed by atoms with van der Waals surface area (Å²) in [6, 6.07) is 0. The fourth-order valence-corrected chi connectivity index (χ4v) is 1.67. The summed E-state index contributed by atoms with van der Waals surface area (Å²) < 4.78 is 4.83. The first-order valence-electron chi connectivity index (χ1n) is 5.67. The minimum Gasteiger partial charge on any atom is -0.391 e. The topological polar surface area (TPSA) is 87.6 Å². The Bertz CT molecular complexity index is 430. The van der Waals surface area contributed by atoms with Crippen LogP contribution in [0, 0.1) is 0 Å². The van der Waals surface area contributed by atoms with E-state index in [2.05, 4.69) is 15.3 Å². The Balaban J connectivity index is 2.65. The summed E-state index contributed by atoms with van der Waals surface area (Å²) in [5.41, 5.74) is 0.399. The van der Waals surface area contributed by atoms with Crippen LogP contribution < -0.4 is 10.2 Å². The zero-order valence-electron chi connectivity index (χ0n) is 10.9. The maximum atomic E-state index is 11.6. The standard InChI is InChI=1S/C11H17ClN4O3/c1-16(5-9(18)13-3-4-19-2)11-8(6-17)10(12)14-7-15-11/h7,17H,3-6H2,1-2H3,(H,13,18). The molecule has 0 fully saturated rings. The normalized spacial score (nSPS) is 10.3. The molecule has 0 atom stereocenters. The van der Waals surface area contributed by atoms with Crippen molar-refractivity contribution in [1.82, 2.24) is 15.3 Å². The van der Waals surface area contributed by atoms with E-state index >= 15 is 0 Å². The third-order valence-corrected chi connectivity index (χ3v) is 2.72. The van der Waals surface area contributed by atoms with E-state index in [1.807, 2.05) is 0 Å². The van der Waals surface area contributed by atoms with E-state index in [9.17, 15) is 9.90 Å². The molecule has 1 aromatic heterocycles. The van der Waals surface area contributed by atoms with Gasteiger partial charge in [0, 0.05) is 20.7 Å². The van der Waals surface area contributed by atoms with Gasteiger partial charge in [-0.05, 0) is 0 Å². The van der Waals surface area contributed by atoms with Crippen LogP contribution in [0.1, 0.15) is 5.56 Å². The maximum absolute atomic E-state index is 11.6. The fraction of sp³-hybridized carbons (Fsp3) is 0.545. The van der Waals surface area contributed by atoms with Gasteiger partial charge in [-0.1, -0.05) is 11.6 Å². The summed E-state index contributed by atoms with van der Waals surface area (Å²) in [6.07, 6.45) is 1.29. The van der Waals surface area contributed by atoms with E-state index < -0.39 is 0 Å². The van der Waals surface area contributed by atoms with E-state index in [1.165, 1.54) is 6.33 Å². The van der Waals surface area contributed by atoms with Crippen LogP contribution in [0.25, 0.3) is 0 Å². The van der Waals surface area contributed by atoms with E-state index in [-0.39, 0.29) is 24.2 Å². The summed E-state index contributed by atoms with van der Waals surface area (Å²) in [4.78, 5) is 21.0. The summed E-state index contributed by atoms with van der Waals surface area (Å²) in [5, 5.41) is 12.1. The number of rotatable bonds is 7. The first-order valence-corrected chi connectivity index (χ1v) is 6.05. The van der Waals surface area contributed by atoms with Crippen LogP contribution >= 0.6 is 11.6 Å². The summed E-state index contributed by atoms with van der Waals surface area (Å²) in [6.45, 7) is 0.714. The van der Waals surface area contributed by atoms with Crippen molar-refractivity contribution in [3.63, 3.8) is 0 Å². The molecule has 0 radical (unpaired) electrons. The van der Waals surface area contributed by atoms with Gasteiger partial charge in [0.15, 0.2) is 0 Å². The van der Waals surface area contributed by atoms with Gasteiger partial charge in [-0.15, -0.1) is 0 Å². The molecule has 2 N–H and O–H groups in total. The number of nitrogens with zero attached hydrogens (tertiary/aromatic N) is 3. The van der Waals surface area contributed by atoms with E-state index in [0.717, 1.165) is 0 Å². The van der Waals surface area contributed by atoms with Crippen molar-refractivity contribution in [3.8, 4) is 0 Å². The van der Waals surface area contributed by atoms with Crippen LogP contribution in [0.2, 0.25) is 5.15 Å². The number of anilines is 1. The number of carbonyl (C=O) groups excluding carboxylic acids is 1. The molecule has 0 saturated carbocycles. The second-order valence-electron chi connectivity index (χ2n) is 3.82. The summed E-state index contributed by atoms with van der Waals surface area (Å²) >= 11 is 5.86. The third kappa shape index (κ3) is 4.62. The Morgan fingerprint density at radius 2 is 2.32 bits per heavy atom. The lowest BCUT2D eigenvalue weighted by molar-refractivity contribution is -0.119. The molecular formula is C11H17ClN4O3. The van der Waals surface area contributed by atoms with Gasteiger partial charge >= 0.3 is 0 Å². The van der Waals surface area contributed by atoms with Gasteiger partial charge < -0.3 is 20.1 Å². The zero-order valence-corrected chi connectivity index (χ0v) is 11.6. The number of aliphatic hydroxyl groups excluding tert-OH is 1. The Hall–Kier alpha value is -1.44. The van der Waals surface area contributed by atoms with Gasteiger partial charge in [-0.3, -0.25) is 4.79 Å². The van der Waals surface area contributed by atoms with Gasteiger partial charge in [-0.25, -0.2) is 9.97 Å². The maximum Gasteiger partial charge on any atom is 0.239 e. The van der Waals surface area contributed by atoms with Crippen LogP contribution in [0.5, 0.6) is 0 Å². The SMILES string of the molecule is COCCNC(=O)CN(C)c1ncnc(Cl)c1CO. The van der Waals surface area contributed by atoms with Crippen molar-refractivity contribution in [3.05, 3.63) is 17.0 Å². The molecule has 0 aromatic carbocycles. The average molecular weight is 289 g/mol. The molecular weight excluding hydrogens is 272 g/mol. The minimum atomic E-state index is -0.287. The number of halogens is 1. The molecule has 0 saturated heterocycles. The molecule has 0 aliphatic carbocycles. The van der Waals surface area contributed by atoms with Crippen LogP contribution in [0.3, 0.4) is 0 Å². The molecule has 1 rings (SSSR count). The number of likely N-dealkylation sites (N-methyl/N-ethyl adjacent to an activating group) is 1. The molecule has 0 unspecified atom stereocenters. The van der Waals surface area contributed by atoms with Gasteiger partial charge in [0.25, 0.3) is 0 Å². The molecule has 1 amide bonds. The van der Waals surface area contributed by atoms with Crippen LogP contribution in [-0.2, 0) is 16.1 Å². The highest BCUT2D eigenvalue weighted by Crippen LogP contribution is 2.21. The predicted octanol–water partition coefficient (Wildman–Crippen LogP) is -0.179. The largest absolute Gasteiger partial charge is 0.391 e. The highest BCUT2D eigenvalue weighted by molar-refractivity contribution is 6.30. The Morgan fingerprint density at radius 3 is 2.95 bits per heavy atom. The molecule has 8 heteroatoms. The smallest absolute Gasteiger partial charge is 0.239 e. The molecule has 106 valence electrons. The molecule has 1 heterocycles. The zero-order chi connectivity index (χ0) is 14.3. The van der Waals surface area contributed by atoms with E-state index in [0.29, 0.717) is 24.5 Å². The lowest BCUT2D eigenvalue weighted by Crippen LogP contribution is -2.37. The molecule has 0 spiro atoms. The van der Waals surface area contributed by atoms with Crippen molar-refractivity contribution in [2.75, 3.05) is 38.8 Å². The molecule has 19 heavy (non-hydrogen) atoms. The number of methoxy groups -OCH3 is 1. The van der Waals surface area contributed by atoms with E-state index in [4.69, 9.17) is 16.3 Å². The monoisotopic (exact) mass is 288 g/mol. The molecule has 1 aromatic rings. The van der Waals surface area contributed by atoms with Gasteiger partial charge in [0.2, 0.25) is 5.91 Å². The third-order valence-electron chi connectivity index (χ3n) is 2.40. The van der Waals surface area contributed by atoms with Gasteiger partial charge in [0.1, 0.15) is 17.3 Å². The molecule has 0 aliphatic heterocycles. The van der Waals surface area contributed by atoms with Gasteiger partial charge in [0.05, 0.1) is 25.3 Å². The minimum absolute atomic E-state index is 0.101. The van der Waals surface area contributed by atoms with E-state index in [1.54, 1.807) is 19.1 Å². The lowest BCUT2D eigenvalue weighted by Gasteiger charge is -2.20. The van der Waals surface area contributed by atoms with Crippen molar-refractivity contribution >= 4 is 23.3 Å². The number of carbonyl (C=O) groups is 1. The predicted molar refractivity (Wildman–Crippen MR) is 71.1 cm³/mol. The average Bonchev–Trinajstić information content (AvgIpc) is 2.38. The molecule has 0 aliphatic rings. The Morgan fingerprint density at radius 1 is 1.58 bits per heavy atom. The van der Waals surface area contributed by atoms with Gasteiger partial charge in [-0.2, -0.15) is 0 Å². The lowest BCUT2D eigenvalue weighted by atomic mass is 10.3. The highest BCUT2D eigenvalue weighted by atomic mass is 35.5. The van der Waals surface area contributed by atoms with Crippen molar-refractivity contribution in [2.45, 2.75) is 6.61 Å². The summed E-state index contributed by atoms with van der Waals surface area (Å²) in [7, 11) is 3.25. The van der Waals surface area contributed by atoms with Crippen LogP contribution in [-0.4, -0.2) is 54.8 Å². The number of aliphatic hydroxyl groups is 1. The number of hydrogen-bond acceptors (Lipinski definition) is 6. The fourth-order valence-electron chi connectivity index (χ4n) is 1.49. The summed E-state index contributed by atoms with van der Waals surface area (Å²) in [5.74, 6) is 0.266. The number of amides is 1. The second-order valence-corrected chi connectivity index (χ2v) is 4.18. The number of nitrogens with one attached hydrogen (secondary N) is 1. The van der Waals surface area contributed by atoms with Crippen molar-refractivity contribution in [2.24, 2.45) is 0 Å². The first-order chi connectivity index (χ1) is 9.10. The van der Waals surface area contributed by atoms with Crippen molar-refractivity contribution in [1.29, 1.82) is 0 Å². The van der Waals surface area contributed by atoms with Crippen LogP contribution in [0.4, 0.5) is 5.82 Å². The van der Waals surface area contributed by atoms with Crippen LogP contribution in [0.15, 0.2) is 6.33 Å². The Labute approximate surface area is 116 Å². The van der Waals surface area contributed by atoms with Crippen molar-refractivity contribution < 1.29 is 14.6 Å². The molecule has 7 nitrogen and oxygen atoms in total. The first kappa shape index (κ1) is 15.6. The second kappa shape index (κ2) is 7.88. The number of aromatic nitrogens is 2. The molecule has 0 bridgehead atoms. The Kier molecular flexibility index (Phi) is 6.48. The quantitative estimate of drug-likeness (QED) is 0.535. The highest BCUT2D eigenvalue weighted by Gasteiger charge is 2.15. The number of ether oxygens (including phenoxy) is 1.